The first-order valence-corrected chi connectivity index (χ1v) is 7.49. The molecular formula is C18H15FN2O2. The largest absolute Gasteiger partial charge is 0.493 e. The fourth-order valence-electron chi connectivity index (χ4n) is 3.33. The maximum atomic E-state index is 13.2. The van der Waals surface area contributed by atoms with Gasteiger partial charge in [0.05, 0.1) is 22.4 Å². The summed E-state index contributed by atoms with van der Waals surface area (Å²) in [4.78, 5) is 8.86. The Bertz CT molecular complexity index is 874. The van der Waals surface area contributed by atoms with Crippen molar-refractivity contribution < 1.29 is 14.6 Å². The Labute approximate surface area is 132 Å². The Morgan fingerprint density at radius 3 is 2.39 bits per heavy atom. The summed E-state index contributed by atoms with van der Waals surface area (Å²) in [5.41, 5.74) is 0.908. The van der Waals surface area contributed by atoms with E-state index in [1.165, 1.54) is 12.1 Å². The van der Waals surface area contributed by atoms with Crippen molar-refractivity contribution in [2.75, 3.05) is 0 Å². The van der Waals surface area contributed by atoms with E-state index in [2.05, 4.69) is 9.97 Å². The van der Waals surface area contributed by atoms with Gasteiger partial charge in [0.15, 0.2) is 0 Å². The van der Waals surface area contributed by atoms with Gasteiger partial charge in [-0.05, 0) is 42.7 Å². The average Bonchev–Trinajstić information content (AvgIpc) is 2.52. The van der Waals surface area contributed by atoms with E-state index < -0.39 is 11.5 Å². The van der Waals surface area contributed by atoms with Crippen molar-refractivity contribution in [3.63, 3.8) is 0 Å². The van der Waals surface area contributed by atoms with Crippen molar-refractivity contribution in [2.45, 2.75) is 24.4 Å². The number of halogens is 1. The zero-order chi connectivity index (χ0) is 16.0. The lowest BCUT2D eigenvalue weighted by Crippen LogP contribution is -2.46. The number of para-hydroxylation sites is 1. The Hall–Kier alpha value is -2.53. The highest BCUT2D eigenvalue weighted by atomic mass is 19.1. The van der Waals surface area contributed by atoms with Gasteiger partial charge in [-0.25, -0.2) is 9.37 Å². The molecule has 0 bridgehead atoms. The summed E-state index contributed by atoms with van der Waals surface area (Å²) in [6.07, 6.45) is 0.463. The van der Waals surface area contributed by atoms with Crippen LogP contribution in [0, 0.1) is 5.82 Å². The normalized spacial score (nSPS) is 23.7. The zero-order valence-corrected chi connectivity index (χ0v) is 12.3. The molecule has 0 saturated heterocycles. The van der Waals surface area contributed by atoms with E-state index in [0.717, 1.165) is 5.56 Å². The quantitative estimate of drug-likeness (QED) is 0.764. The van der Waals surface area contributed by atoms with Crippen LogP contribution in [-0.4, -0.2) is 26.3 Å². The fraction of sp³-hybridized carbons (Fsp3) is 0.222. The molecule has 3 aromatic rings. The number of benzene rings is 2. The van der Waals surface area contributed by atoms with Crippen LogP contribution in [0.3, 0.4) is 0 Å². The summed E-state index contributed by atoms with van der Waals surface area (Å²) in [5.74, 6) is 0.0742. The number of hydrogen-bond acceptors (Lipinski definition) is 4. The molecule has 1 fully saturated rings. The number of aliphatic hydroxyl groups excluding tert-OH is 1. The first-order chi connectivity index (χ1) is 11.1. The van der Waals surface area contributed by atoms with Crippen LogP contribution in [0.5, 0.6) is 5.88 Å². The van der Waals surface area contributed by atoms with Gasteiger partial charge in [0, 0.05) is 0 Å². The van der Waals surface area contributed by atoms with Gasteiger partial charge in [0.2, 0.25) is 5.88 Å². The maximum Gasteiger partial charge on any atom is 0.222 e. The third-order valence-electron chi connectivity index (χ3n) is 4.58. The number of rotatable bonds is 2. The molecule has 5 heteroatoms. The van der Waals surface area contributed by atoms with Crippen molar-refractivity contribution in [2.24, 2.45) is 0 Å². The molecule has 2 N–H and O–H groups in total. The fourth-order valence-corrected chi connectivity index (χ4v) is 3.33. The maximum absolute atomic E-state index is 13.2. The second-order valence-corrected chi connectivity index (χ2v) is 6.04. The van der Waals surface area contributed by atoms with E-state index in [1.807, 2.05) is 18.2 Å². The van der Waals surface area contributed by atoms with E-state index in [0.29, 0.717) is 29.6 Å². The number of nitrogens with zero attached hydrogens (tertiary/aromatic N) is 2. The minimum atomic E-state index is -0.589. The molecule has 1 aliphatic carbocycles. The molecule has 1 saturated carbocycles. The standard InChI is InChI=1S/C18H15FN2O2/c19-12-7-5-11(6-8-12)18(9-13(22)10-18)17-20-15-4-2-1-3-14(15)16(23)21-17/h1-8,13,22H,9-10H2,(H,20,21,23)/t13-,18-. The van der Waals surface area contributed by atoms with Crippen LogP contribution >= 0.6 is 0 Å². The highest BCUT2D eigenvalue weighted by molar-refractivity contribution is 5.83. The Morgan fingerprint density at radius 2 is 1.70 bits per heavy atom. The molecule has 2 aromatic carbocycles. The molecule has 0 aliphatic heterocycles. The van der Waals surface area contributed by atoms with Gasteiger partial charge >= 0.3 is 0 Å². The van der Waals surface area contributed by atoms with Gasteiger partial charge in [0.1, 0.15) is 11.6 Å². The van der Waals surface area contributed by atoms with Crippen molar-refractivity contribution in [1.82, 2.24) is 9.97 Å². The molecule has 0 amide bonds. The van der Waals surface area contributed by atoms with Crippen LogP contribution in [-0.2, 0) is 5.41 Å². The average molecular weight is 310 g/mol. The minimum absolute atomic E-state index is 0.0755. The molecule has 4 rings (SSSR count). The molecule has 0 spiro atoms. The van der Waals surface area contributed by atoms with Gasteiger partial charge in [-0.3, -0.25) is 0 Å². The molecule has 0 unspecified atom stereocenters. The van der Waals surface area contributed by atoms with Crippen LogP contribution in [0.1, 0.15) is 24.2 Å². The molecule has 1 heterocycles. The van der Waals surface area contributed by atoms with Crippen LogP contribution < -0.4 is 0 Å². The Morgan fingerprint density at radius 1 is 1.00 bits per heavy atom. The number of aliphatic hydroxyl groups is 1. The van der Waals surface area contributed by atoms with Gasteiger partial charge in [-0.15, -0.1) is 0 Å². The van der Waals surface area contributed by atoms with E-state index in [1.54, 1.807) is 18.2 Å². The Balaban J connectivity index is 1.90. The lowest BCUT2D eigenvalue weighted by atomic mass is 9.62. The third kappa shape index (κ3) is 2.16. The first-order valence-electron chi connectivity index (χ1n) is 7.49. The summed E-state index contributed by atoms with van der Waals surface area (Å²) in [6, 6.07) is 13.4. The number of aromatic nitrogens is 2. The summed E-state index contributed by atoms with van der Waals surface area (Å²) in [6.45, 7) is 0. The van der Waals surface area contributed by atoms with Gasteiger partial charge in [0.25, 0.3) is 0 Å². The molecule has 23 heavy (non-hydrogen) atoms. The highest BCUT2D eigenvalue weighted by Crippen LogP contribution is 2.48. The zero-order valence-electron chi connectivity index (χ0n) is 12.3. The van der Waals surface area contributed by atoms with Crippen LogP contribution in [0.15, 0.2) is 48.5 Å². The lowest BCUT2D eigenvalue weighted by Gasteiger charge is -2.44. The second kappa shape index (κ2) is 4.99. The van der Waals surface area contributed by atoms with Gasteiger partial charge in [-0.2, -0.15) is 4.98 Å². The lowest BCUT2D eigenvalue weighted by molar-refractivity contribution is 0.0335. The molecule has 1 aromatic heterocycles. The molecule has 1 aliphatic rings. The van der Waals surface area contributed by atoms with Gasteiger partial charge in [-0.1, -0.05) is 24.3 Å². The summed E-state index contributed by atoms with van der Waals surface area (Å²) in [7, 11) is 0. The van der Waals surface area contributed by atoms with Crippen LogP contribution in [0.4, 0.5) is 4.39 Å². The van der Waals surface area contributed by atoms with Crippen molar-refractivity contribution in [1.29, 1.82) is 0 Å². The van der Waals surface area contributed by atoms with Crippen molar-refractivity contribution in [3.05, 3.63) is 65.7 Å². The summed E-state index contributed by atoms with van der Waals surface area (Å²) >= 11 is 0. The first kappa shape index (κ1) is 14.1. The third-order valence-corrected chi connectivity index (χ3v) is 4.58. The smallest absolute Gasteiger partial charge is 0.222 e. The molecular weight excluding hydrogens is 295 g/mol. The Kier molecular flexibility index (Phi) is 3.06. The monoisotopic (exact) mass is 310 g/mol. The van der Waals surface area contributed by atoms with Crippen LogP contribution in [0.25, 0.3) is 10.9 Å². The van der Waals surface area contributed by atoms with Gasteiger partial charge < -0.3 is 10.2 Å². The molecule has 116 valence electrons. The predicted molar refractivity (Wildman–Crippen MR) is 83.6 cm³/mol. The summed E-state index contributed by atoms with van der Waals surface area (Å²) in [5, 5.41) is 20.7. The number of fused-ring (bicyclic) bond motifs is 1. The second-order valence-electron chi connectivity index (χ2n) is 6.04. The van der Waals surface area contributed by atoms with E-state index in [9.17, 15) is 14.6 Å². The topological polar surface area (TPSA) is 66.2 Å². The molecule has 0 atom stereocenters. The van der Waals surface area contributed by atoms with Crippen LogP contribution in [0.2, 0.25) is 0 Å². The van der Waals surface area contributed by atoms with E-state index in [4.69, 9.17) is 0 Å². The number of aromatic hydroxyl groups is 1. The van der Waals surface area contributed by atoms with E-state index >= 15 is 0 Å². The summed E-state index contributed by atoms with van der Waals surface area (Å²) < 4.78 is 13.2. The predicted octanol–water partition coefficient (Wildman–Crippen LogP) is 2.92. The van der Waals surface area contributed by atoms with E-state index in [-0.39, 0.29) is 11.7 Å². The molecule has 0 radical (unpaired) electrons. The SMILES string of the molecule is Oc1nc([C@]2(c3ccc(F)cc3)C[C@@H](O)C2)nc2ccccc12. The van der Waals surface area contributed by atoms with Crippen molar-refractivity contribution in [3.8, 4) is 5.88 Å². The minimum Gasteiger partial charge on any atom is -0.493 e. The number of hydrogen-bond donors (Lipinski definition) is 2. The molecule has 4 nitrogen and oxygen atoms in total. The van der Waals surface area contributed by atoms with Crippen molar-refractivity contribution >= 4 is 10.9 Å². The highest BCUT2D eigenvalue weighted by Gasteiger charge is 2.49.